The molecule has 3 N–H and O–H groups in total. The molecule has 0 aliphatic heterocycles. The minimum absolute atomic E-state index is 0.331. The molecular weight excluding hydrogens is 274 g/mol. The van der Waals surface area contributed by atoms with Gasteiger partial charge in [0.25, 0.3) is 0 Å². The lowest BCUT2D eigenvalue weighted by Crippen LogP contribution is -2.14. The van der Waals surface area contributed by atoms with Gasteiger partial charge in [0.05, 0.1) is 19.5 Å². The lowest BCUT2D eigenvalue weighted by atomic mass is 10.2. The second-order valence-corrected chi connectivity index (χ2v) is 4.29. The van der Waals surface area contributed by atoms with Crippen LogP contribution >= 0.6 is 0 Å². The van der Waals surface area contributed by atoms with Crippen molar-refractivity contribution in [3.8, 4) is 17.4 Å². The zero-order chi connectivity index (χ0) is 14.7. The van der Waals surface area contributed by atoms with Crippen molar-refractivity contribution >= 4 is 0 Å². The van der Waals surface area contributed by atoms with Crippen molar-refractivity contribution < 1.29 is 9.26 Å². The fraction of sp³-hybridized carbons (Fsp3) is 0.250. The molecule has 0 saturated heterocycles. The molecule has 9 heteroatoms. The molecule has 0 aromatic carbocycles. The fourth-order valence-corrected chi connectivity index (χ4v) is 1.78. The maximum atomic E-state index is 6.03. The first-order valence-corrected chi connectivity index (χ1v) is 6.19. The molecule has 0 bridgehead atoms. The summed E-state index contributed by atoms with van der Waals surface area (Å²) in [6.45, 7) is 0. The lowest BCUT2D eigenvalue weighted by molar-refractivity contribution is 0.353. The van der Waals surface area contributed by atoms with Gasteiger partial charge < -0.3 is 20.0 Å². The van der Waals surface area contributed by atoms with Crippen LogP contribution in [0.2, 0.25) is 0 Å². The molecule has 3 aromatic heterocycles. The van der Waals surface area contributed by atoms with Crippen LogP contribution in [-0.2, 0) is 6.42 Å². The van der Waals surface area contributed by atoms with E-state index >= 15 is 0 Å². The standard InChI is InChI=1S/C12H13N7O2/c1-20-10-3-9(16-6-17-10)11-18-12(21-19-11)8(13)2-7-4-14-5-15-7/h3-6,8H,2,13H2,1H3,(H,14,15)/t8-/m0/s1. The quantitative estimate of drug-likeness (QED) is 0.694. The van der Waals surface area contributed by atoms with Crippen molar-refractivity contribution in [2.24, 2.45) is 5.73 Å². The summed E-state index contributed by atoms with van der Waals surface area (Å²) >= 11 is 0. The summed E-state index contributed by atoms with van der Waals surface area (Å²) in [5, 5.41) is 3.87. The Morgan fingerprint density at radius 2 is 2.33 bits per heavy atom. The molecular formula is C12H13N7O2. The summed E-state index contributed by atoms with van der Waals surface area (Å²) in [7, 11) is 1.52. The van der Waals surface area contributed by atoms with Crippen LogP contribution in [0, 0.1) is 0 Å². The molecule has 3 rings (SSSR count). The first-order valence-electron chi connectivity index (χ1n) is 6.19. The topological polar surface area (TPSA) is 129 Å². The van der Waals surface area contributed by atoms with Crippen LogP contribution < -0.4 is 10.5 Å². The average molecular weight is 287 g/mol. The molecule has 0 saturated carbocycles. The van der Waals surface area contributed by atoms with Gasteiger partial charge in [0.15, 0.2) is 0 Å². The minimum atomic E-state index is -0.421. The Balaban J connectivity index is 1.79. The molecule has 0 aliphatic carbocycles. The fourth-order valence-electron chi connectivity index (χ4n) is 1.78. The van der Waals surface area contributed by atoms with E-state index < -0.39 is 6.04 Å². The molecule has 9 nitrogen and oxygen atoms in total. The van der Waals surface area contributed by atoms with Crippen LogP contribution in [0.5, 0.6) is 5.88 Å². The van der Waals surface area contributed by atoms with Crippen LogP contribution in [0.25, 0.3) is 11.5 Å². The molecule has 108 valence electrons. The number of imidazole rings is 1. The number of methoxy groups -OCH3 is 1. The second kappa shape index (κ2) is 5.67. The number of ether oxygens (including phenoxy) is 1. The predicted octanol–water partition coefficient (Wildman–Crippen LogP) is 0.501. The summed E-state index contributed by atoms with van der Waals surface area (Å²) in [5.41, 5.74) is 7.43. The van der Waals surface area contributed by atoms with Gasteiger partial charge in [-0.15, -0.1) is 0 Å². The van der Waals surface area contributed by atoms with E-state index in [9.17, 15) is 0 Å². The van der Waals surface area contributed by atoms with Crippen LogP contribution in [0.15, 0.2) is 29.4 Å². The number of nitrogens with zero attached hydrogens (tertiary/aromatic N) is 5. The highest BCUT2D eigenvalue weighted by molar-refractivity contribution is 5.49. The molecule has 0 aliphatic rings. The summed E-state index contributed by atoms with van der Waals surface area (Å²) in [6.07, 6.45) is 5.18. The zero-order valence-corrected chi connectivity index (χ0v) is 11.2. The van der Waals surface area contributed by atoms with E-state index in [0.717, 1.165) is 5.69 Å². The van der Waals surface area contributed by atoms with E-state index in [-0.39, 0.29) is 0 Å². The number of hydrogen-bond donors (Lipinski definition) is 2. The van der Waals surface area contributed by atoms with E-state index in [1.165, 1.54) is 13.4 Å². The minimum Gasteiger partial charge on any atom is -0.481 e. The number of nitrogens with one attached hydrogen (secondary N) is 1. The summed E-state index contributed by atoms with van der Waals surface area (Å²) in [5.74, 6) is 1.09. The van der Waals surface area contributed by atoms with Crippen LogP contribution in [-0.4, -0.2) is 37.2 Å². The molecule has 0 spiro atoms. The molecule has 0 fully saturated rings. The average Bonchev–Trinajstić information content (AvgIpc) is 3.18. The lowest BCUT2D eigenvalue weighted by Gasteiger charge is -2.03. The number of nitrogens with two attached hydrogens (primary N) is 1. The van der Waals surface area contributed by atoms with Gasteiger partial charge in [-0.05, 0) is 0 Å². The largest absolute Gasteiger partial charge is 0.481 e. The van der Waals surface area contributed by atoms with Gasteiger partial charge in [-0.25, -0.2) is 15.0 Å². The van der Waals surface area contributed by atoms with E-state index in [4.69, 9.17) is 15.0 Å². The molecule has 3 heterocycles. The number of H-pyrrole nitrogens is 1. The van der Waals surface area contributed by atoms with Crippen molar-refractivity contribution in [3.05, 3.63) is 36.5 Å². The summed E-state index contributed by atoms with van der Waals surface area (Å²) < 4.78 is 10.2. The maximum Gasteiger partial charge on any atom is 0.244 e. The van der Waals surface area contributed by atoms with E-state index in [1.807, 2.05) is 0 Å². The number of rotatable bonds is 5. The number of aromatic nitrogens is 6. The van der Waals surface area contributed by atoms with Gasteiger partial charge in [0.2, 0.25) is 17.6 Å². The smallest absolute Gasteiger partial charge is 0.244 e. The maximum absolute atomic E-state index is 6.03. The predicted molar refractivity (Wildman–Crippen MR) is 71.1 cm³/mol. The van der Waals surface area contributed by atoms with Crippen LogP contribution in [0.4, 0.5) is 0 Å². The Morgan fingerprint density at radius 1 is 1.43 bits per heavy atom. The Hall–Kier alpha value is -2.81. The highest BCUT2D eigenvalue weighted by Gasteiger charge is 2.17. The number of aromatic amines is 1. The molecule has 1 atom stereocenters. The van der Waals surface area contributed by atoms with Gasteiger partial charge in [0.1, 0.15) is 12.0 Å². The zero-order valence-electron chi connectivity index (χ0n) is 11.2. The molecule has 0 amide bonds. The Morgan fingerprint density at radius 3 is 3.10 bits per heavy atom. The van der Waals surface area contributed by atoms with Crippen LogP contribution in [0.3, 0.4) is 0 Å². The monoisotopic (exact) mass is 287 g/mol. The summed E-state index contributed by atoms with van der Waals surface area (Å²) in [6, 6.07) is 1.20. The third-order valence-corrected chi connectivity index (χ3v) is 2.83. The van der Waals surface area contributed by atoms with E-state index in [0.29, 0.717) is 29.7 Å². The van der Waals surface area contributed by atoms with Crippen molar-refractivity contribution in [2.75, 3.05) is 7.11 Å². The normalized spacial score (nSPS) is 12.3. The molecule has 0 radical (unpaired) electrons. The Bertz CT molecular complexity index is 710. The van der Waals surface area contributed by atoms with Gasteiger partial charge in [-0.2, -0.15) is 4.98 Å². The third kappa shape index (κ3) is 2.87. The van der Waals surface area contributed by atoms with Gasteiger partial charge in [-0.3, -0.25) is 0 Å². The third-order valence-electron chi connectivity index (χ3n) is 2.83. The second-order valence-electron chi connectivity index (χ2n) is 4.29. The summed E-state index contributed by atoms with van der Waals surface area (Å²) in [4.78, 5) is 19.2. The van der Waals surface area contributed by atoms with Gasteiger partial charge in [0, 0.05) is 24.4 Å². The highest BCUT2D eigenvalue weighted by atomic mass is 16.5. The van der Waals surface area contributed by atoms with E-state index in [2.05, 4.69) is 30.1 Å². The van der Waals surface area contributed by atoms with Crippen molar-refractivity contribution in [2.45, 2.75) is 12.5 Å². The van der Waals surface area contributed by atoms with Crippen molar-refractivity contribution in [1.29, 1.82) is 0 Å². The van der Waals surface area contributed by atoms with Gasteiger partial charge >= 0.3 is 0 Å². The van der Waals surface area contributed by atoms with E-state index in [1.54, 1.807) is 18.6 Å². The first kappa shape index (κ1) is 13.2. The van der Waals surface area contributed by atoms with Crippen molar-refractivity contribution in [1.82, 2.24) is 30.1 Å². The highest BCUT2D eigenvalue weighted by Crippen LogP contribution is 2.19. The molecule has 0 unspecified atom stereocenters. The SMILES string of the molecule is COc1cc(-c2noc([C@@H](N)Cc3cnc[nH]3)n2)ncn1. The molecule has 3 aromatic rings. The molecule has 21 heavy (non-hydrogen) atoms. The van der Waals surface area contributed by atoms with Crippen molar-refractivity contribution in [3.63, 3.8) is 0 Å². The van der Waals surface area contributed by atoms with Crippen LogP contribution in [0.1, 0.15) is 17.6 Å². The Kier molecular flexibility index (Phi) is 3.56. The Labute approximate surface area is 119 Å². The van der Waals surface area contributed by atoms with Gasteiger partial charge in [-0.1, -0.05) is 5.16 Å². The number of hydrogen-bond acceptors (Lipinski definition) is 8. The first-order chi connectivity index (χ1) is 10.3.